The first-order chi connectivity index (χ1) is 9.56. The summed E-state index contributed by atoms with van der Waals surface area (Å²) in [4.78, 5) is 9.82. The Hall–Kier alpha value is -1.49. The zero-order valence-electron chi connectivity index (χ0n) is 12.2. The van der Waals surface area contributed by atoms with Gasteiger partial charge in [-0.15, -0.1) is 0 Å². The Morgan fingerprint density at radius 1 is 1.15 bits per heavy atom. The first-order valence-electron chi connectivity index (χ1n) is 7.15. The highest BCUT2D eigenvalue weighted by molar-refractivity contribution is 5.75. The van der Waals surface area contributed by atoms with Gasteiger partial charge in [-0.25, -0.2) is 13.8 Å². The minimum atomic E-state index is -0.859. The lowest BCUT2D eigenvalue weighted by Gasteiger charge is -2.26. The van der Waals surface area contributed by atoms with Gasteiger partial charge in [-0.3, -0.25) is 4.90 Å². The maximum absolute atomic E-state index is 13.2. The van der Waals surface area contributed by atoms with E-state index in [1.807, 2.05) is 0 Å². The molecule has 2 rings (SSSR count). The quantitative estimate of drug-likeness (QED) is 0.867. The summed E-state index contributed by atoms with van der Waals surface area (Å²) in [6, 6.07) is 2.41. The van der Waals surface area contributed by atoms with E-state index in [9.17, 15) is 8.78 Å². The predicted molar refractivity (Wildman–Crippen MR) is 76.6 cm³/mol. The molecule has 1 atom stereocenters. The molecule has 0 radical (unpaired) electrons. The fourth-order valence-electron chi connectivity index (χ4n) is 2.47. The molecule has 110 valence electrons. The van der Waals surface area contributed by atoms with Crippen molar-refractivity contribution < 1.29 is 8.78 Å². The molecule has 0 saturated carbocycles. The lowest BCUT2D eigenvalue weighted by molar-refractivity contribution is 0.205. The van der Waals surface area contributed by atoms with Gasteiger partial charge >= 0.3 is 0 Å². The molecule has 3 nitrogen and oxygen atoms in total. The molecular formula is C15H21F2N3. The van der Waals surface area contributed by atoms with E-state index in [-0.39, 0.29) is 6.04 Å². The van der Waals surface area contributed by atoms with Gasteiger partial charge in [-0.05, 0) is 32.9 Å². The van der Waals surface area contributed by atoms with Crippen molar-refractivity contribution in [2.75, 3.05) is 13.1 Å². The third-order valence-electron chi connectivity index (χ3n) is 3.51. The second kappa shape index (κ2) is 6.31. The Kier molecular flexibility index (Phi) is 4.70. The summed E-state index contributed by atoms with van der Waals surface area (Å²) in [5.41, 5.74) is 1.01. The highest BCUT2D eigenvalue weighted by Gasteiger charge is 2.18. The van der Waals surface area contributed by atoms with Gasteiger partial charge in [0, 0.05) is 12.1 Å². The van der Waals surface area contributed by atoms with Crippen LogP contribution in [0.15, 0.2) is 12.1 Å². The molecule has 0 saturated heterocycles. The summed E-state index contributed by atoms with van der Waals surface area (Å²) in [6.45, 7) is 8.30. The summed E-state index contributed by atoms with van der Waals surface area (Å²) in [7, 11) is 0. The predicted octanol–water partition coefficient (Wildman–Crippen LogP) is 4.02. The largest absolute Gasteiger partial charge is 0.341 e. The molecule has 1 aromatic heterocycles. The number of halogens is 2. The molecule has 0 amide bonds. The topological polar surface area (TPSA) is 31.9 Å². The number of hydrogen-bond donors (Lipinski definition) is 1. The van der Waals surface area contributed by atoms with Crippen LogP contribution in [0.1, 0.15) is 45.5 Å². The standard InChI is InChI=1S/C15H21F2N3/c1-4-6-20(7-5-2)10(3)15-18-13-8-11(16)12(17)9-14(13)19-15/h8-10H,4-7H2,1-3H3,(H,18,19). The molecule has 0 spiro atoms. The SMILES string of the molecule is CCCN(CCC)C(C)c1nc2cc(F)c(F)cc2[nH]1. The van der Waals surface area contributed by atoms with Gasteiger partial charge in [0.2, 0.25) is 0 Å². The summed E-state index contributed by atoms with van der Waals surface area (Å²) >= 11 is 0. The van der Waals surface area contributed by atoms with Gasteiger partial charge in [0.15, 0.2) is 11.6 Å². The molecule has 0 aliphatic rings. The van der Waals surface area contributed by atoms with E-state index in [2.05, 4.69) is 35.6 Å². The maximum atomic E-state index is 13.2. The molecule has 0 aliphatic carbocycles. The van der Waals surface area contributed by atoms with Gasteiger partial charge in [-0.2, -0.15) is 0 Å². The van der Waals surface area contributed by atoms with E-state index >= 15 is 0 Å². The second-order valence-corrected chi connectivity index (χ2v) is 5.12. The summed E-state index contributed by atoms with van der Waals surface area (Å²) in [6.07, 6.45) is 2.13. The Labute approximate surface area is 118 Å². The Morgan fingerprint density at radius 2 is 1.75 bits per heavy atom. The van der Waals surface area contributed by atoms with Crippen LogP contribution in [0.3, 0.4) is 0 Å². The first kappa shape index (κ1) is 14.9. The summed E-state index contributed by atoms with van der Waals surface area (Å²) < 4.78 is 26.4. The fourth-order valence-corrected chi connectivity index (χ4v) is 2.47. The molecule has 0 aliphatic heterocycles. The van der Waals surface area contributed by atoms with Crippen molar-refractivity contribution in [1.29, 1.82) is 0 Å². The zero-order valence-corrected chi connectivity index (χ0v) is 12.2. The van der Waals surface area contributed by atoms with Gasteiger partial charge < -0.3 is 4.98 Å². The summed E-state index contributed by atoms with van der Waals surface area (Å²) in [5, 5.41) is 0. The van der Waals surface area contributed by atoms with Crippen LogP contribution in [0, 0.1) is 11.6 Å². The number of aromatic amines is 1. The van der Waals surface area contributed by atoms with Crippen LogP contribution in [0.2, 0.25) is 0 Å². The van der Waals surface area contributed by atoms with Crippen LogP contribution >= 0.6 is 0 Å². The average Bonchev–Trinajstić information content (AvgIpc) is 2.81. The van der Waals surface area contributed by atoms with Crippen molar-refractivity contribution in [3.8, 4) is 0 Å². The van der Waals surface area contributed by atoms with Crippen molar-refractivity contribution in [3.63, 3.8) is 0 Å². The molecule has 1 heterocycles. The highest BCUT2D eigenvalue weighted by Crippen LogP contribution is 2.23. The number of fused-ring (bicyclic) bond motifs is 1. The van der Waals surface area contributed by atoms with Crippen LogP contribution < -0.4 is 0 Å². The van der Waals surface area contributed by atoms with Crippen LogP contribution in [-0.2, 0) is 0 Å². The van der Waals surface area contributed by atoms with Crippen molar-refractivity contribution >= 4 is 11.0 Å². The van der Waals surface area contributed by atoms with E-state index in [4.69, 9.17) is 0 Å². The first-order valence-corrected chi connectivity index (χ1v) is 7.15. The fraction of sp³-hybridized carbons (Fsp3) is 0.533. The molecule has 0 fully saturated rings. The third-order valence-corrected chi connectivity index (χ3v) is 3.51. The number of hydrogen-bond acceptors (Lipinski definition) is 2. The van der Waals surface area contributed by atoms with E-state index in [1.165, 1.54) is 0 Å². The second-order valence-electron chi connectivity index (χ2n) is 5.12. The van der Waals surface area contributed by atoms with Gasteiger partial charge in [0.05, 0.1) is 17.1 Å². The molecule has 0 bridgehead atoms. The minimum absolute atomic E-state index is 0.105. The van der Waals surface area contributed by atoms with Crippen molar-refractivity contribution in [2.24, 2.45) is 0 Å². The number of H-pyrrole nitrogens is 1. The Morgan fingerprint density at radius 3 is 2.35 bits per heavy atom. The van der Waals surface area contributed by atoms with Gasteiger partial charge in [0.25, 0.3) is 0 Å². The van der Waals surface area contributed by atoms with Crippen LogP contribution in [0.4, 0.5) is 8.78 Å². The molecule has 5 heteroatoms. The number of imidazole rings is 1. The molecule has 20 heavy (non-hydrogen) atoms. The van der Waals surface area contributed by atoms with E-state index < -0.39 is 11.6 Å². The number of nitrogens with zero attached hydrogens (tertiary/aromatic N) is 2. The minimum Gasteiger partial charge on any atom is -0.341 e. The van der Waals surface area contributed by atoms with E-state index in [1.54, 1.807) is 0 Å². The van der Waals surface area contributed by atoms with Crippen molar-refractivity contribution in [1.82, 2.24) is 14.9 Å². The van der Waals surface area contributed by atoms with E-state index in [0.29, 0.717) is 11.0 Å². The third kappa shape index (κ3) is 2.98. The molecular weight excluding hydrogens is 260 g/mol. The van der Waals surface area contributed by atoms with Crippen molar-refractivity contribution in [2.45, 2.75) is 39.7 Å². The van der Waals surface area contributed by atoms with E-state index in [0.717, 1.165) is 43.9 Å². The molecule has 1 N–H and O–H groups in total. The number of benzene rings is 1. The smallest absolute Gasteiger partial charge is 0.161 e. The lowest BCUT2D eigenvalue weighted by Crippen LogP contribution is -2.29. The number of rotatable bonds is 6. The highest BCUT2D eigenvalue weighted by atomic mass is 19.2. The molecule has 1 aromatic carbocycles. The average molecular weight is 281 g/mol. The maximum Gasteiger partial charge on any atom is 0.161 e. The lowest BCUT2D eigenvalue weighted by atomic mass is 10.2. The number of aromatic nitrogens is 2. The Bertz CT molecular complexity index is 535. The van der Waals surface area contributed by atoms with Crippen LogP contribution in [-0.4, -0.2) is 28.0 Å². The molecule has 1 unspecified atom stereocenters. The monoisotopic (exact) mass is 281 g/mol. The van der Waals surface area contributed by atoms with Gasteiger partial charge in [-0.1, -0.05) is 13.8 Å². The normalized spacial score (nSPS) is 13.3. The van der Waals surface area contributed by atoms with Crippen molar-refractivity contribution in [3.05, 3.63) is 29.6 Å². The van der Waals surface area contributed by atoms with Crippen LogP contribution in [0.5, 0.6) is 0 Å². The Balaban J connectivity index is 2.31. The van der Waals surface area contributed by atoms with Gasteiger partial charge in [0.1, 0.15) is 5.82 Å². The zero-order chi connectivity index (χ0) is 14.7. The molecule has 2 aromatic rings. The van der Waals surface area contributed by atoms with Crippen LogP contribution in [0.25, 0.3) is 11.0 Å². The summed E-state index contributed by atoms with van der Waals surface area (Å²) in [5.74, 6) is -0.951. The number of nitrogens with one attached hydrogen (secondary N) is 1.